The zero-order chi connectivity index (χ0) is 19.3. The number of non-ortho nitro benzene ring substituents is 1. The number of carbonyl (C=O) groups is 2. The number of carbonyl (C=O) groups excluding carboxylic acids is 1. The first-order chi connectivity index (χ1) is 12.3. The van der Waals surface area contributed by atoms with Gasteiger partial charge in [-0.15, -0.1) is 11.3 Å². The Bertz CT molecular complexity index is 829. The third kappa shape index (κ3) is 4.42. The van der Waals surface area contributed by atoms with Crippen molar-refractivity contribution in [3.05, 3.63) is 45.5 Å². The van der Waals surface area contributed by atoms with Gasteiger partial charge in [0.05, 0.1) is 16.9 Å². The zero-order valence-electron chi connectivity index (χ0n) is 14.4. The predicted molar refractivity (Wildman–Crippen MR) is 97.2 cm³/mol. The monoisotopic (exact) mass is 377 g/mol. The molecule has 0 saturated heterocycles. The maximum absolute atomic E-state index is 12.5. The van der Waals surface area contributed by atoms with Crippen molar-refractivity contribution in [1.82, 2.24) is 10.3 Å². The molecule has 0 aliphatic carbocycles. The maximum Gasteiger partial charge on any atom is 0.305 e. The van der Waals surface area contributed by atoms with E-state index in [9.17, 15) is 19.7 Å². The second kappa shape index (κ2) is 8.05. The first kappa shape index (κ1) is 19.5. The van der Waals surface area contributed by atoms with Gasteiger partial charge in [-0.25, -0.2) is 4.98 Å². The van der Waals surface area contributed by atoms with Crippen LogP contribution in [0, 0.1) is 10.1 Å². The number of thiazole rings is 1. The molecule has 1 amide bonds. The van der Waals surface area contributed by atoms with E-state index < -0.39 is 22.3 Å². The average Bonchev–Trinajstić information content (AvgIpc) is 3.11. The molecule has 138 valence electrons. The quantitative estimate of drug-likeness (QED) is 0.536. The predicted octanol–water partition coefficient (Wildman–Crippen LogP) is 3.48. The Morgan fingerprint density at radius 1 is 1.35 bits per heavy atom. The number of carboxylic acid groups (broad SMARTS) is 1. The number of rotatable bonds is 8. The third-order valence-corrected chi connectivity index (χ3v) is 5.15. The van der Waals surface area contributed by atoms with Crippen LogP contribution in [-0.4, -0.2) is 32.4 Å². The second-order valence-electron chi connectivity index (χ2n) is 5.86. The Labute approximate surface area is 154 Å². The topological polar surface area (TPSA) is 122 Å². The molecule has 1 heterocycles. The lowest BCUT2D eigenvalue weighted by Gasteiger charge is -2.31. The van der Waals surface area contributed by atoms with Gasteiger partial charge in [-0.1, -0.05) is 26.0 Å². The number of nitro benzene ring substituents is 1. The molecule has 2 N–H and O–H groups in total. The molecule has 0 spiro atoms. The lowest BCUT2D eigenvalue weighted by atomic mass is 9.89. The molecule has 2 rings (SSSR count). The highest BCUT2D eigenvalue weighted by atomic mass is 32.1. The molecule has 9 heteroatoms. The summed E-state index contributed by atoms with van der Waals surface area (Å²) >= 11 is 1.20. The molecular formula is C17H19N3O5S. The third-order valence-electron chi connectivity index (χ3n) is 4.26. The SMILES string of the molecule is CCC(CC)(CC(=O)O)NC(=O)c1csc(-c2cccc([N+](=O)[O-])c2)n1. The summed E-state index contributed by atoms with van der Waals surface area (Å²) in [6, 6.07) is 6.02. The lowest BCUT2D eigenvalue weighted by Crippen LogP contribution is -2.49. The van der Waals surface area contributed by atoms with E-state index in [-0.39, 0.29) is 17.8 Å². The Hall–Kier alpha value is -2.81. The maximum atomic E-state index is 12.5. The molecular weight excluding hydrogens is 358 g/mol. The van der Waals surface area contributed by atoms with E-state index in [1.54, 1.807) is 17.5 Å². The molecule has 2 aromatic rings. The second-order valence-corrected chi connectivity index (χ2v) is 6.72. The van der Waals surface area contributed by atoms with Crippen molar-refractivity contribution in [3.8, 4) is 10.6 Å². The van der Waals surface area contributed by atoms with E-state index in [2.05, 4.69) is 10.3 Å². The summed E-state index contributed by atoms with van der Waals surface area (Å²) in [6.45, 7) is 3.64. The molecule has 1 aromatic carbocycles. The summed E-state index contributed by atoms with van der Waals surface area (Å²) in [5.41, 5.74) is -0.182. The summed E-state index contributed by atoms with van der Waals surface area (Å²) < 4.78 is 0. The number of nitro groups is 1. The molecule has 1 aromatic heterocycles. The molecule has 0 unspecified atom stereocenters. The first-order valence-electron chi connectivity index (χ1n) is 8.05. The van der Waals surface area contributed by atoms with Gasteiger partial charge in [0.25, 0.3) is 11.6 Å². The number of amides is 1. The zero-order valence-corrected chi connectivity index (χ0v) is 15.2. The van der Waals surface area contributed by atoms with Gasteiger partial charge in [-0.3, -0.25) is 19.7 Å². The molecule has 0 aliphatic rings. The molecule has 0 bridgehead atoms. The van der Waals surface area contributed by atoms with E-state index in [1.807, 2.05) is 13.8 Å². The van der Waals surface area contributed by atoms with Crippen LogP contribution < -0.4 is 5.32 Å². The average molecular weight is 377 g/mol. The minimum Gasteiger partial charge on any atom is -0.481 e. The summed E-state index contributed by atoms with van der Waals surface area (Å²) in [4.78, 5) is 38.3. The van der Waals surface area contributed by atoms with Gasteiger partial charge < -0.3 is 10.4 Å². The minimum atomic E-state index is -0.982. The largest absolute Gasteiger partial charge is 0.481 e. The van der Waals surface area contributed by atoms with Crippen molar-refractivity contribution >= 4 is 28.9 Å². The van der Waals surface area contributed by atoms with E-state index >= 15 is 0 Å². The normalized spacial score (nSPS) is 11.2. The number of hydrogen-bond donors (Lipinski definition) is 2. The van der Waals surface area contributed by atoms with Gasteiger partial charge >= 0.3 is 5.97 Å². The Morgan fingerprint density at radius 3 is 2.62 bits per heavy atom. The van der Waals surface area contributed by atoms with Crippen LogP contribution in [0.25, 0.3) is 10.6 Å². The number of carboxylic acids is 1. The standard InChI is InChI=1S/C17H19N3O5S/c1-3-17(4-2,9-14(21)22)19-15(23)13-10-26-16(18-13)11-6-5-7-12(8-11)20(24)25/h5-8,10H,3-4,9H2,1-2H3,(H,19,23)(H,21,22). The highest BCUT2D eigenvalue weighted by molar-refractivity contribution is 7.13. The van der Waals surface area contributed by atoms with Crippen LogP contribution in [-0.2, 0) is 4.79 Å². The molecule has 8 nitrogen and oxygen atoms in total. The smallest absolute Gasteiger partial charge is 0.305 e. The van der Waals surface area contributed by atoms with Gasteiger partial charge in [0.15, 0.2) is 0 Å². The van der Waals surface area contributed by atoms with Crippen molar-refractivity contribution in [3.63, 3.8) is 0 Å². The van der Waals surface area contributed by atoms with Gasteiger partial charge in [0, 0.05) is 23.1 Å². The fourth-order valence-corrected chi connectivity index (χ4v) is 3.38. The van der Waals surface area contributed by atoms with Gasteiger partial charge in [-0.2, -0.15) is 0 Å². The highest BCUT2D eigenvalue weighted by Gasteiger charge is 2.32. The van der Waals surface area contributed by atoms with Gasteiger partial charge in [0.2, 0.25) is 0 Å². The number of benzene rings is 1. The number of aliphatic carboxylic acids is 1. The number of hydrogen-bond acceptors (Lipinski definition) is 6. The van der Waals surface area contributed by atoms with Crippen LogP contribution in [0.5, 0.6) is 0 Å². The van der Waals surface area contributed by atoms with Crippen molar-refractivity contribution in [2.24, 2.45) is 0 Å². The highest BCUT2D eigenvalue weighted by Crippen LogP contribution is 2.27. The van der Waals surface area contributed by atoms with Crippen molar-refractivity contribution in [2.75, 3.05) is 0 Å². The fourth-order valence-electron chi connectivity index (χ4n) is 2.58. The number of aromatic nitrogens is 1. The summed E-state index contributed by atoms with van der Waals surface area (Å²) in [6.07, 6.45) is 0.778. The van der Waals surface area contributed by atoms with Crippen LogP contribution in [0.1, 0.15) is 43.6 Å². The lowest BCUT2D eigenvalue weighted by molar-refractivity contribution is -0.384. The van der Waals surface area contributed by atoms with E-state index in [4.69, 9.17) is 5.11 Å². The summed E-state index contributed by atoms with van der Waals surface area (Å²) in [5.74, 6) is -1.44. The van der Waals surface area contributed by atoms with Crippen LogP contribution in [0.15, 0.2) is 29.6 Å². The Morgan fingerprint density at radius 2 is 2.04 bits per heavy atom. The van der Waals surface area contributed by atoms with Crippen LogP contribution >= 0.6 is 11.3 Å². The van der Waals surface area contributed by atoms with Gasteiger partial charge in [-0.05, 0) is 12.8 Å². The van der Waals surface area contributed by atoms with E-state index in [1.165, 1.54) is 23.5 Å². The summed E-state index contributed by atoms with van der Waals surface area (Å²) in [5, 5.41) is 24.8. The Kier molecular flexibility index (Phi) is 6.04. The first-order valence-corrected chi connectivity index (χ1v) is 8.93. The van der Waals surface area contributed by atoms with Crippen LogP contribution in [0.2, 0.25) is 0 Å². The number of nitrogens with one attached hydrogen (secondary N) is 1. The Balaban J connectivity index is 2.23. The molecule has 0 radical (unpaired) electrons. The molecule has 0 atom stereocenters. The minimum absolute atomic E-state index is 0.0545. The van der Waals surface area contributed by atoms with Gasteiger partial charge in [0.1, 0.15) is 10.7 Å². The molecule has 0 fully saturated rings. The fraction of sp³-hybridized carbons (Fsp3) is 0.353. The van der Waals surface area contributed by atoms with Crippen LogP contribution in [0.3, 0.4) is 0 Å². The van der Waals surface area contributed by atoms with Crippen LogP contribution in [0.4, 0.5) is 5.69 Å². The van der Waals surface area contributed by atoms with Crippen molar-refractivity contribution in [2.45, 2.75) is 38.6 Å². The molecule has 26 heavy (non-hydrogen) atoms. The van der Waals surface area contributed by atoms with E-state index in [0.717, 1.165) is 0 Å². The summed E-state index contributed by atoms with van der Waals surface area (Å²) in [7, 11) is 0. The van der Waals surface area contributed by atoms with Crippen molar-refractivity contribution < 1.29 is 19.6 Å². The number of nitrogens with zero attached hydrogens (tertiary/aromatic N) is 2. The molecule has 0 aliphatic heterocycles. The van der Waals surface area contributed by atoms with E-state index in [0.29, 0.717) is 23.4 Å². The molecule has 0 saturated carbocycles. The van der Waals surface area contributed by atoms with Crippen molar-refractivity contribution in [1.29, 1.82) is 0 Å².